The number of nitrogens with zero attached hydrogens (tertiary/aromatic N) is 5. The Hall–Kier alpha value is -2.48. The smallest absolute Gasteiger partial charge is 0.350 e. The first kappa shape index (κ1) is 28.3. The van der Waals surface area contributed by atoms with Crippen LogP contribution in [0.25, 0.3) is 22.8 Å². The molecule has 3 aromatic rings. The fourth-order valence-electron chi connectivity index (χ4n) is 6.83. The van der Waals surface area contributed by atoms with Crippen LogP contribution in [0.3, 0.4) is 0 Å². The topological polar surface area (TPSA) is 113 Å². The minimum atomic E-state index is -0.502. The molecule has 4 N–H and O–H groups in total. The van der Waals surface area contributed by atoms with Gasteiger partial charge in [-0.2, -0.15) is 4.98 Å². The van der Waals surface area contributed by atoms with Crippen LogP contribution in [0.2, 0.25) is 5.02 Å². The summed E-state index contributed by atoms with van der Waals surface area (Å²) in [6, 6.07) is 2.58. The molecule has 2 bridgehead atoms. The molecular formula is C29H33ClFN7O2S2. The van der Waals surface area contributed by atoms with E-state index in [4.69, 9.17) is 22.3 Å². The lowest BCUT2D eigenvalue weighted by molar-refractivity contribution is 0.174. The van der Waals surface area contributed by atoms with E-state index >= 15 is 0 Å². The number of anilines is 2. The summed E-state index contributed by atoms with van der Waals surface area (Å²) in [5, 5.41) is 15.6. The molecule has 7 rings (SSSR count). The van der Waals surface area contributed by atoms with Gasteiger partial charge in [0.2, 0.25) is 0 Å². The number of hydrogen-bond acceptors (Lipinski definition) is 10. The van der Waals surface area contributed by atoms with Crippen molar-refractivity contribution in [3.63, 3.8) is 0 Å². The van der Waals surface area contributed by atoms with Gasteiger partial charge >= 0.3 is 5.69 Å². The highest BCUT2D eigenvalue weighted by molar-refractivity contribution is 7.99. The standard InChI is InChI=1S/C29H33ClFN7O2S2/c1-2-22(31)26-23(34-28(32)42-26)10-19-21(30)9-20-24-25(19)41-14-17(5-7-36-8-6-18(39)13-36)38(24)29(40)35-27(20)37-11-15-3-4-16(12-37)33-15/h2,9-10,15-18,33,39H,1,3-8,11-14H2,(H2,32,34)/b23-10-,26-22-/t15?,16?,17-,18?/m0/s1. The molecule has 0 aliphatic carbocycles. The Labute approximate surface area is 255 Å². The van der Waals surface area contributed by atoms with Crippen LogP contribution in [0.15, 0.2) is 28.4 Å². The monoisotopic (exact) mass is 629 g/mol. The van der Waals surface area contributed by atoms with Gasteiger partial charge in [0.25, 0.3) is 0 Å². The highest BCUT2D eigenvalue weighted by Gasteiger charge is 2.36. The number of aliphatic hydroxyl groups is 1. The van der Waals surface area contributed by atoms with Gasteiger partial charge in [-0.1, -0.05) is 29.5 Å². The number of aromatic nitrogens is 3. The number of piperazine rings is 1. The van der Waals surface area contributed by atoms with Gasteiger partial charge in [0.15, 0.2) is 5.13 Å². The minimum absolute atomic E-state index is 0.0676. The van der Waals surface area contributed by atoms with Gasteiger partial charge in [-0.25, -0.2) is 14.2 Å². The number of halogens is 2. The number of likely N-dealkylation sites (tertiary alicyclic amines) is 1. The van der Waals surface area contributed by atoms with E-state index in [2.05, 4.69) is 26.7 Å². The largest absolute Gasteiger partial charge is 0.392 e. The third-order valence-electron chi connectivity index (χ3n) is 8.81. The highest BCUT2D eigenvalue weighted by Crippen LogP contribution is 2.44. The number of nitrogen functional groups attached to an aromatic ring is 1. The first-order valence-electron chi connectivity index (χ1n) is 14.4. The SMILES string of the molecule is C=C/C(F)=c1/sc(N)n/c1=C\c1c(Cl)cc2c(N3CC4CCC(C3)N4)nc(=O)n3c2c1SC[C@@H]3CCN1CCC(O)C1. The molecule has 9 nitrogen and oxygen atoms in total. The van der Waals surface area contributed by atoms with Gasteiger partial charge in [0.1, 0.15) is 11.6 Å². The van der Waals surface area contributed by atoms with Crippen molar-refractivity contribution < 1.29 is 9.50 Å². The minimum Gasteiger partial charge on any atom is -0.392 e. The van der Waals surface area contributed by atoms with E-state index in [1.54, 1.807) is 17.8 Å². The van der Waals surface area contributed by atoms with Gasteiger partial charge in [-0.3, -0.25) is 4.57 Å². The van der Waals surface area contributed by atoms with Crippen molar-refractivity contribution in [3.05, 3.63) is 49.7 Å². The normalized spacial score (nSPS) is 26.8. The third kappa shape index (κ3) is 5.05. The number of allylic oxidation sites excluding steroid dienone is 1. The highest BCUT2D eigenvalue weighted by atomic mass is 35.5. The van der Waals surface area contributed by atoms with Crippen molar-refractivity contribution in [2.75, 3.05) is 49.1 Å². The van der Waals surface area contributed by atoms with Crippen molar-refractivity contribution >= 4 is 68.5 Å². The second kappa shape index (κ2) is 11.2. The average molecular weight is 630 g/mol. The molecule has 3 unspecified atom stereocenters. The molecule has 222 valence electrons. The summed E-state index contributed by atoms with van der Waals surface area (Å²) in [4.78, 5) is 28.3. The molecule has 0 spiro atoms. The Morgan fingerprint density at radius 1 is 1.26 bits per heavy atom. The summed E-state index contributed by atoms with van der Waals surface area (Å²) < 4.78 is 16.8. The summed E-state index contributed by atoms with van der Waals surface area (Å²) >= 11 is 9.72. The molecule has 4 atom stereocenters. The second-order valence-electron chi connectivity index (χ2n) is 11.6. The molecule has 4 aliphatic rings. The van der Waals surface area contributed by atoms with E-state index in [1.807, 2.05) is 10.6 Å². The van der Waals surface area contributed by atoms with Gasteiger partial charge in [-0.05, 0) is 43.9 Å². The fraction of sp³-hybridized carbons (Fsp3) is 0.483. The number of rotatable bonds is 6. The average Bonchev–Trinajstić information content (AvgIpc) is 3.67. The van der Waals surface area contributed by atoms with Crippen LogP contribution in [0.4, 0.5) is 15.3 Å². The summed E-state index contributed by atoms with van der Waals surface area (Å²) in [6.07, 6.45) is 6.39. The molecule has 3 fully saturated rings. The van der Waals surface area contributed by atoms with Crippen molar-refractivity contribution in [2.24, 2.45) is 0 Å². The Bertz CT molecular complexity index is 1750. The number of nitrogens with one attached hydrogen (secondary N) is 1. The lowest BCUT2D eigenvalue weighted by Gasteiger charge is -2.36. The lowest BCUT2D eigenvalue weighted by atomic mass is 10.1. The molecule has 0 radical (unpaired) electrons. The molecule has 0 amide bonds. The number of fused-ring (bicyclic) bond motifs is 2. The van der Waals surface area contributed by atoms with E-state index in [1.165, 1.54) is 0 Å². The maximum absolute atomic E-state index is 14.7. The van der Waals surface area contributed by atoms with Gasteiger partial charge < -0.3 is 26.0 Å². The van der Waals surface area contributed by atoms with Crippen LogP contribution < -0.4 is 31.5 Å². The Morgan fingerprint density at radius 2 is 2.05 bits per heavy atom. The van der Waals surface area contributed by atoms with Gasteiger partial charge in [-0.15, -0.1) is 11.8 Å². The van der Waals surface area contributed by atoms with Crippen molar-refractivity contribution in [2.45, 2.75) is 54.8 Å². The zero-order valence-electron chi connectivity index (χ0n) is 23.1. The fourth-order valence-corrected chi connectivity index (χ4v) is 9.23. The molecule has 42 heavy (non-hydrogen) atoms. The zero-order chi connectivity index (χ0) is 29.1. The van der Waals surface area contributed by atoms with Crippen molar-refractivity contribution in [3.8, 4) is 0 Å². The predicted molar refractivity (Wildman–Crippen MR) is 169 cm³/mol. The Morgan fingerprint density at radius 3 is 2.76 bits per heavy atom. The van der Waals surface area contributed by atoms with E-state index in [0.29, 0.717) is 50.7 Å². The number of nitrogens with two attached hydrogens (primary N) is 1. The van der Waals surface area contributed by atoms with Crippen molar-refractivity contribution in [1.29, 1.82) is 0 Å². The molecule has 13 heteroatoms. The summed E-state index contributed by atoms with van der Waals surface area (Å²) in [5.74, 6) is 0.836. The van der Waals surface area contributed by atoms with E-state index in [-0.39, 0.29) is 23.0 Å². The molecule has 6 heterocycles. The molecule has 0 saturated carbocycles. The molecule has 3 saturated heterocycles. The zero-order valence-corrected chi connectivity index (χ0v) is 25.4. The first-order chi connectivity index (χ1) is 20.3. The lowest BCUT2D eigenvalue weighted by Crippen LogP contribution is -2.52. The van der Waals surface area contributed by atoms with Crippen LogP contribution in [0.1, 0.15) is 37.3 Å². The van der Waals surface area contributed by atoms with Crippen LogP contribution in [-0.4, -0.2) is 81.2 Å². The van der Waals surface area contributed by atoms with E-state index in [9.17, 15) is 14.3 Å². The van der Waals surface area contributed by atoms with E-state index in [0.717, 1.165) is 85.1 Å². The van der Waals surface area contributed by atoms with Crippen LogP contribution >= 0.6 is 34.7 Å². The number of thiazole rings is 1. The second-order valence-corrected chi connectivity index (χ2v) is 14.1. The van der Waals surface area contributed by atoms with Gasteiger partial charge in [0.05, 0.1) is 21.5 Å². The summed E-state index contributed by atoms with van der Waals surface area (Å²) in [5.41, 5.74) is 7.20. The maximum atomic E-state index is 14.7. The van der Waals surface area contributed by atoms with Gasteiger partial charge in [0, 0.05) is 77.5 Å². The number of aliphatic hydroxyl groups excluding tert-OH is 1. The number of β-amino-alcohol motifs (C(OH)–C–C–N with tert-alkyl or cyclic N) is 1. The quantitative estimate of drug-likeness (QED) is 0.378. The Kier molecular flexibility index (Phi) is 7.56. The van der Waals surface area contributed by atoms with E-state index < -0.39 is 5.83 Å². The first-order valence-corrected chi connectivity index (χ1v) is 16.6. The molecule has 2 aromatic heterocycles. The number of hydrogen-bond donors (Lipinski definition) is 3. The predicted octanol–water partition coefficient (Wildman–Crippen LogP) is 2.23. The number of thioether (sulfide) groups is 1. The van der Waals surface area contributed by atoms with Crippen molar-refractivity contribution in [1.82, 2.24) is 24.8 Å². The van der Waals surface area contributed by atoms with Crippen LogP contribution in [-0.2, 0) is 0 Å². The van der Waals surface area contributed by atoms with Crippen LogP contribution in [0.5, 0.6) is 0 Å². The molecule has 4 aliphatic heterocycles. The molecule has 1 aromatic carbocycles. The maximum Gasteiger partial charge on any atom is 0.350 e. The summed E-state index contributed by atoms with van der Waals surface area (Å²) in [7, 11) is 0. The number of benzene rings is 1. The van der Waals surface area contributed by atoms with Crippen LogP contribution in [0, 0.1) is 0 Å². The third-order valence-corrected chi connectivity index (χ3v) is 11.3. The Balaban J connectivity index is 1.41. The summed E-state index contributed by atoms with van der Waals surface area (Å²) in [6.45, 7) is 7.44. The molecular weight excluding hydrogens is 597 g/mol.